The van der Waals surface area contributed by atoms with Gasteiger partial charge in [0, 0.05) is 34.2 Å². The summed E-state index contributed by atoms with van der Waals surface area (Å²) in [5.74, 6) is -1.90. The van der Waals surface area contributed by atoms with Crippen LogP contribution in [0.5, 0.6) is 0 Å². The number of nitrogens with one attached hydrogen (secondary N) is 2. The van der Waals surface area contributed by atoms with E-state index in [1.807, 2.05) is 60.9 Å². The molecule has 2 aromatic heterocycles. The van der Waals surface area contributed by atoms with Crippen molar-refractivity contribution >= 4 is 55.3 Å². The molecule has 0 saturated carbocycles. The number of aromatic nitrogens is 2. The number of aliphatic carboxylic acids is 2. The predicted molar refractivity (Wildman–Crippen MR) is 122 cm³/mol. The van der Waals surface area contributed by atoms with E-state index in [0.29, 0.717) is 12.8 Å². The molecule has 8 heteroatoms. The summed E-state index contributed by atoms with van der Waals surface area (Å²) < 4.78 is 0. The van der Waals surface area contributed by atoms with Crippen LogP contribution in [0.15, 0.2) is 60.9 Å². The second kappa shape index (κ2) is 8.89. The number of carbonyl (C=O) groups is 2. The number of para-hydroxylation sites is 2. The molecule has 0 aliphatic rings. The molecule has 6 nitrogen and oxygen atoms in total. The number of carboxylic acids is 2. The predicted octanol–water partition coefficient (Wildman–Crippen LogP) is 4.72. The highest BCUT2D eigenvalue weighted by molar-refractivity contribution is 8.77. The lowest BCUT2D eigenvalue weighted by molar-refractivity contribution is -0.137. The average Bonchev–Trinajstić information content (AvgIpc) is 3.34. The highest BCUT2D eigenvalue weighted by Crippen LogP contribution is 2.36. The highest BCUT2D eigenvalue weighted by atomic mass is 33.1. The molecular weight excluding hydrogens is 420 g/mol. The number of aromatic amines is 2. The van der Waals surface area contributed by atoms with Crippen molar-refractivity contribution in [3.05, 3.63) is 72.1 Å². The van der Waals surface area contributed by atoms with Crippen molar-refractivity contribution in [1.82, 2.24) is 9.97 Å². The van der Waals surface area contributed by atoms with Gasteiger partial charge in [0.15, 0.2) is 0 Å². The lowest BCUT2D eigenvalue weighted by atomic mass is 10.1. The fourth-order valence-corrected chi connectivity index (χ4v) is 6.09. The maximum Gasteiger partial charge on any atom is 0.317 e. The van der Waals surface area contributed by atoms with Crippen molar-refractivity contribution in [2.45, 2.75) is 23.3 Å². The fraction of sp³-hybridized carbons (Fsp3) is 0.182. The Morgan fingerprint density at radius 1 is 0.733 bits per heavy atom. The smallest absolute Gasteiger partial charge is 0.317 e. The van der Waals surface area contributed by atoms with Crippen LogP contribution in [0.25, 0.3) is 21.8 Å². The summed E-state index contributed by atoms with van der Waals surface area (Å²) in [4.78, 5) is 30.0. The SMILES string of the molecule is O=C(O)C(Cc1c[nH]c2ccccc12)SSC(Cc1c[nH]c2ccccc12)C(=O)O. The van der Waals surface area contributed by atoms with Crippen molar-refractivity contribution in [2.75, 3.05) is 0 Å². The van der Waals surface area contributed by atoms with E-state index in [1.54, 1.807) is 0 Å². The zero-order chi connectivity index (χ0) is 21.1. The van der Waals surface area contributed by atoms with Crippen molar-refractivity contribution in [2.24, 2.45) is 0 Å². The van der Waals surface area contributed by atoms with Crippen molar-refractivity contribution in [3.8, 4) is 0 Å². The number of rotatable bonds is 9. The average molecular weight is 441 g/mol. The minimum Gasteiger partial charge on any atom is -0.480 e. The van der Waals surface area contributed by atoms with E-state index in [0.717, 1.165) is 54.5 Å². The summed E-state index contributed by atoms with van der Waals surface area (Å²) in [5, 5.41) is 19.9. The fourth-order valence-electron chi connectivity index (χ4n) is 3.46. The van der Waals surface area contributed by atoms with Crippen LogP contribution in [0.1, 0.15) is 11.1 Å². The van der Waals surface area contributed by atoms with Gasteiger partial charge in [0.2, 0.25) is 0 Å². The highest BCUT2D eigenvalue weighted by Gasteiger charge is 2.26. The van der Waals surface area contributed by atoms with Gasteiger partial charge in [-0.15, -0.1) is 0 Å². The van der Waals surface area contributed by atoms with Crippen LogP contribution in [0.2, 0.25) is 0 Å². The van der Waals surface area contributed by atoms with Crippen LogP contribution in [0, 0.1) is 0 Å². The lowest BCUT2D eigenvalue weighted by Gasteiger charge is -2.15. The van der Waals surface area contributed by atoms with Gasteiger partial charge >= 0.3 is 11.9 Å². The Balaban J connectivity index is 1.47. The van der Waals surface area contributed by atoms with Crippen LogP contribution in [-0.4, -0.2) is 42.6 Å². The third-order valence-electron chi connectivity index (χ3n) is 5.00. The Morgan fingerprint density at radius 3 is 1.53 bits per heavy atom. The van der Waals surface area contributed by atoms with E-state index in [9.17, 15) is 19.8 Å². The maximum absolute atomic E-state index is 11.8. The van der Waals surface area contributed by atoms with Crippen molar-refractivity contribution in [1.29, 1.82) is 0 Å². The topological polar surface area (TPSA) is 106 Å². The van der Waals surface area contributed by atoms with Gasteiger partial charge in [-0.2, -0.15) is 0 Å². The summed E-state index contributed by atoms with van der Waals surface area (Å²) in [5.41, 5.74) is 3.73. The van der Waals surface area contributed by atoms with Crippen molar-refractivity contribution < 1.29 is 19.8 Å². The molecule has 0 saturated heterocycles. The van der Waals surface area contributed by atoms with E-state index < -0.39 is 22.4 Å². The maximum atomic E-state index is 11.8. The first-order chi connectivity index (χ1) is 14.5. The van der Waals surface area contributed by atoms with Gasteiger partial charge in [-0.05, 0) is 36.1 Å². The second-order valence-electron chi connectivity index (χ2n) is 6.97. The molecule has 4 rings (SSSR count). The van der Waals surface area contributed by atoms with Gasteiger partial charge in [0.1, 0.15) is 10.5 Å². The van der Waals surface area contributed by atoms with E-state index in [1.165, 1.54) is 0 Å². The molecule has 4 aromatic rings. The molecule has 30 heavy (non-hydrogen) atoms. The largest absolute Gasteiger partial charge is 0.480 e. The molecule has 2 atom stereocenters. The first-order valence-corrected chi connectivity index (χ1v) is 11.7. The molecule has 0 aliphatic carbocycles. The first kappa shape index (κ1) is 20.4. The van der Waals surface area contributed by atoms with Crippen LogP contribution < -0.4 is 0 Å². The molecule has 0 spiro atoms. The Hall–Kier alpha value is -2.84. The van der Waals surface area contributed by atoms with Crippen LogP contribution in [0.3, 0.4) is 0 Å². The molecule has 4 N–H and O–H groups in total. The molecule has 0 amide bonds. The molecule has 2 unspecified atom stereocenters. The van der Waals surface area contributed by atoms with Crippen LogP contribution >= 0.6 is 21.6 Å². The van der Waals surface area contributed by atoms with Gasteiger partial charge in [-0.25, -0.2) is 0 Å². The third-order valence-corrected chi connectivity index (χ3v) is 8.04. The molecule has 0 fully saturated rings. The molecule has 154 valence electrons. The van der Waals surface area contributed by atoms with Gasteiger partial charge < -0.3 is 20.2 Å². The number of fused-ring (bicyclic) bond motifs is 2. The number of hydrogen-bond acceptors (Lipinski definition) is 4. The Labute approximate surface area is 180 Å². The summed E-state index contributed by atoms with van der Waals surface area (Å²) in [6, 6.07) is 15.5. The third kappa shape index (κ3) is 4.34. The number of H-pyrrole nitrogens is 2. The second-order valence-corrected chi connectivity index (χ2v) is 9.65. The molecular formula is C22H20N2O4S2. The quantitative estimate of drug-likeness (QED) is 0.281. The lowest BCUT2D eigenvalue weighted by Crippen LogP contribution is -2.22. The number of hydrogen-bond donors (Lipinski definition) is 4. The molecule has 2 heterocycles. The molecule has 0 radical (unpaired) electrons. The van der Waals surface area contributed by atoms with E-state index in [2.05, 4.69) is 9.97 Å². The van der Waals surface area contributed by atoms with Gasteiger partial charge in [-0.3, -0.25) is 9.59 Å². The summed E-state index contributed by atoms with van der Waals surface area (Å²) >= 11 is 0. The summed E-state index contributed by atoms with van der Waals surface area (Å²) in [7, 11) is 2.22. The van der Waals surface area contributed by atoms with E-state index in [-0.39, 0.29) is 0 Å². The summed E-state index contributed by atoms with van der Waals surface area (Å²) in [6.07, 6.45) is 4.28. The van der Waals surface area contributed by atoms with E-state index >= 15 is 0 Å². The minimum atomic E-state index is -0.950. The molecule has 0 bridgehead atoms. The zero-order valence-electron chi connectivity index (χ0n) is 15.9. The monoisotopic (exact) mass is 440 g/mol. The normalized spacial score (nSPS) is 13.5. The van der Waals surface area contributed by atoms with Crippen LogP contribution in [0.4, 0.5) is 0 Å². The Kier molecular flexibility index (Phi) is 6.06. The van der Waals surface area contributed by atoms with E-state index in [4.69, 9.17) is 0 Å². The zero-order valence-corrected chi connectivity index (χ0v) is 17.5. The van der Waals surface area contributed by atoms with Crippen molar-refractivity contribution in [3.63, 3.8) is 0 Å². The number of carboxylic acid groups (broad SMARTS) is 2. The van der Waals surface area contributed by atoms with Gasteiger partial charge in [0.05, 0.1) is 0 Å². The van der Waals surface area contributed by atoms with Crippen LogP contribution in [-0.2, 0) is 22.4 Å². The Morgan fingerprint density at radius 2 is 1.13 bits per heavy atom. The molecule has 0 aliphatic heterocycles. The Bertz CT molecular complexity index is 1110. The number of benzene rings is 2. The van der Waals surface area contributed by atoms with Gasteiger partial charge in [-0.1, -0.05) is 58.0 Å². The molecule has 2 aromatic carbocycles. The first-order valence-electron chi connectivity index (χ1n) is 9.40. The standard InChI is InChI=1S/C22H20N2O4S2/c25-21(26)19(9-13-11-23-17-7-3-1-5-15(13)17)29-30-20(22(27)28)10-14-12-24-18-8-4-2-6-16(14)18/h1-8,11-12,19-20,23-24H,9-10H2,(H,25,26)(H,27,28). The van der Waals surface area contributed by atoms with Gasteiger partial charge in [0.25, 0.3) is 0 Å². The minimum absolute atomic E-state index is 0.316. The summed E-state index contributed by atoms with van der Waals surface area (Å²) in [6.45, 7) is 0.